The highest BCUT2D eigenvalue weighted by Crippen LogP contribution is 2.31. The predicted molar refractivity (Wildman–Crippen MR) is 135 cm³/mol. The molecule has 4 rings (SSSR count). The number of nitrogens with zero attached hydrogens (tertiary/aromatic N) is 2. The topological polar surface area (TPSA) is 94.9 Å². The van der Waals surface area contributed by atoms with Crippen LogP contribution in [0.1, 0.15) is 20.8 Å². The van der Waals surface area contributed by atoms with Crippen LogP contribution in [0.15, 0.2) is 70.9 Å². The molecule has 0 spiro atoms. The van der Waals surface area contributed by atoms with Crippen molar-refractivity contribution in [3.05, 3.63) is 82.0 Å². The quantitative estimate of drug-likeness (QED) is 0.308. The third-order valence-electron chi connectivity index (χ3n) is 4.48. The van der Waals surface area contributed by atoms with Crippen molar-refractivity contribution in [3.63, 3.8) is 0 Å². The van der Waals surface area contributed by atoms with E-state index in [9.17, 15) is 9.59 Å². The molecule has 0 saturated heterocycles. The number of nitriles is 1. The molecule has 4 aromatic rings. The Labute approximate surface area is 203 Å². The molecular weight excluding hydrogens is 472 g/mol. The van der Waals surface area contributed by atoms with Gasteiger partial charge in [0, 0.05) is 20.8 Å². The number of rotatable bonds is 7. The summed E-state index contributed by atoms with van der Waals surface area (Å²) in [7, 11) is 0. The first-order valence-corrected chi connectivity index (χ1v) is 12.6. The van der Waals surface area contributed by atoms with E-state index in [4.69, 9.17) is 5.26 Å². The van der Waals surface area contributed by atoms with Crippen molar-refractivity contribution in [2.45, 2.75) is 11.8 Å². The fourth-order valence-electron chi connectivity index (χ4n) is 2.97. The van der Waals surface area contributed by atoms with Crippen LogP contribution in [0.25, 0.3) is 10.6 Å². The molecule has 6 nitrogen and oxygen atoms in total. The smallest absolute Gasteiger partial charge is 0.258 e. The summed E-state index contributed by atoms with van der Waals surface area (Å²) in [5, 5.41) is 17.1. The normalized spacial score (nSPS) is 10.4. The van der Waals surface area contributed by atoms with Crippen LogP contribution < -0.4 is 10.6 Å². The van der Waals surface area contributed by atoms with Crippen molar-refractivity contribution >= 4 is 57.1 Å². The van der Waals surface area contributed by atoms with Crippen LogP contribution in [0.5, 0.6) is 0 Å². The van der Waals surface area contributed by atoms with Crippen molar-refractivity contribution in [3.8, 4) is 16.6 Å². The van der Waals surface area contributed by atoms with Crippen LogP contribution in [-0.4, -0.2) is 22.6 Å². The zero-order valence-electron chi connectivity index (χ0n) is 17.5. The van der Waals surface area contributed by atoms with Gasteiger partial charge in [0.15, 0.2) is 5.13 Å². The molecule has 0 unspecified atom stereocenters. The molecule has 0 aliphatic carbocycles. The lowest BCUT2D eigenvalue weighted by Gasteiger charge is -2.09. The van der Waals surface area contributed by atoms with Crippen LogP contribution in [0, 0.1) is 18.3 Å². The number of amides is 2. The lowest BCUT2D eigenvalue weighted by Crippen LogP contribution is -2.16. The van der Waals surface area contributed by atoms with E-state index in [1.807, 2.05) is 42.6 Å². The van der Waals surface area contributed by atoms with E-state index >= 15 is 0 Å². The average molecular weight is 491 g/mol. The van der Waals surface area contributed by atoms with Gasteiger partial charge in [0.1, 0.15) is 0 Å². The number of anilines is 2. The third-order valence-corrected chi connectivity index (χ3v) is 7.34. The van der Waals surface area contributed by atoms with E-state index in [1.165, 1.54) is 28.0 Å². The number of aryl methyl sites for hydroxylation is 1. The summed E-state index contributed by atoms with van der Waals surface area (Å²) in [6, 6.07) is 20.0. The number of benzene rings is 2. The van der Waals surface area contributed by atoms with Gasteiger partial charge in [-0.15, -0.1) is 34.4 Å². The molecule has 0 saturated carbocycles. The van der Waals surface area contributed by atoms with Crippen molar-refractivity contribution in [1.82, 2.24) is 4.98 Å². The minimum atomic E-state index is -0.275. The summed E-state index contributed by atoms with van der Waals surface area (Å²) in [6.45, 7) is 2.04. The molecule has 2 N–H and O–H groups in total. The lowest BCUT2D eigenvalue weighted by molar-refractivity contribution is -0.113. The molecule has 0 atom stereocenters. The maximum Gasteiger partial charge on any atom is 0.258 e. The summed E-state index contributed by atoms with van der Waals surface area (Å²) in [5.74, 6) is -0.371. The summed E-state index contributed by atoms with van der Waals surface area (Å²) < 4.78 is 0. The van der Waals surface area contributed by atoms with Crippen molar-refractivity contribution < 1.29 is 9.59 Å². The second-order valence-corrected chi connectivity index (χ2v) is 10.1. The highest BCUT2D eigenvalue weighted by atomic mass is 32.2. The van der Waals surface area contributed by atoms with Gasteiger partial charge in [0.05, 0.1) is 33.5 Å². The Morgan fingerprint density at radius 2 is 1.94 bits per heavy atom. The van der Waals surface area contributed by atoms with Gasteiger partial charge in [0.2, 0.25) is 5.91 Å². The Hall–Kier alpha value is -3.45. The summed E-state index contributed by atoms with van der Waals surface area (Å²) >= 11 is 4.31. The van der Waals surface area contributed by atoms with Gasteiger partial charge in [-0.2, -0.15) is 5.26 Å². The monoisotopic (exact) mass is 490 g/mol. The maximum absolute atomic E-state index is 12.9. The number of aromatic nitrogens is 1. The molecule has 2 aromatic carbocycles. The van der Waals surface area contributed by atoms with Crippen LogP contribution in [0.2, 0.25) is 0 Å². The Kier molecular flexibility index (Phi) is 7.19. The van der Waals surface area contributed by atoms with E-state index in [1.54, 1.807) is 47.7 Å². The fourth-order valence-corrected chi connectivity index (χ4v) is 5.43. The first-order chi connectivity index (χ1) is 16.0. The predicted octanol–water partition coefficient (Wildman–Crippen LogP) is 6.03. The minimum Gasteiger partial charge on any atom is -0.325 e. The summed E-state index contributed by atoms with van der Waals surface area (Å²) in [5.41, 5.74) is 2.35. The Morgan fingerprint density at radius 3 is 2.73 bits per heavy atom. The fraction of sp³-hybridized carbons (Fsp3) is 0.0833. The van der Waals surface area contributed by atoms with Crippen LogP contribution in [-0.2, 0) is 4.79 Å². The summed E-state index contributed by atoms with van der Waals surface area (Å²) in [4.78, 5) is 32.8. The number of carbonyl (C=O) groups is 2. The molecule has 2 aromatic heterocycles. The standard InChI is InChI=1S/C24H18N4O2S3/c1-15-9-10-21(33-15)19-13-32-24(27-19)28-23(30)18-7-2-3-8-20(18)31-14-22(29)26-17-6-4-5-16(11-17)12-25/h2-11,13H,14H2,1H3,(H,26,29)(H,27,28,30). The van der Waals surface area contributed by atoms with Gasteiger partial charge in [-0.3, -0.25) is 14.9 Å². The van der Waals surface area contributed by atoms with Gasteiger partial charge in [-0.1, -0.05) is 18.2 Å². The third kappa shape index (κ3) is 5.87. The van der Waals surface area contributed by atoms with Crippen molar-refractivity contribution in [1.29, 1.82) is 5.26 Å². The Balaban J connectivity index is 1.39. The molecule has 0 aliphatic heterocycles. The number of nitrogens with one attached hydrogen (secondary N) is 2. The van der Waals surface area contributed by atoms with E-state index in [0.717, 1.165) is 10.6 Å². The van der Waals surface area contributed by atoms with E-state index in [2.05, 4.69) is 15.6 Å². The zero-order valence-corrected chi connectivity index (χ0v) is 19.9. The Bertz CT molecular complexity index is 1350. The van der Waals surface area contributed by atoms with Gasteiger partial charge in [0.25, 0.3) is 5.91 Å². The molecule has 164 valence electrons. The number of thiazole rings is 1. The van der Waals surface area contributed by atoms with Crippen LogP contribution >= 0.6 is 34.4 Å². The number of carbonyl (C=O) groups excluding carboxylic acids is 2. The Morgan fingerprint density at radius 1 is 1.09 bits per heavy atom. The van der Waals surface area contributed by atoms with E-state index in [-0.39, 0.29) is 17.6 Å². The van der Waals surface area contributed by atoms with Crippen LogP contribution in [0.3, 0.4) is 0 Å². The number of hydrogen-bond acceptors (Lipinski definition) is 7. The SMILES string of the molecule is Cc1ccc(-c2csc(NC(=O)c3ccccc3SCC(=O)Nc3cccc(C#N)c3)n2)s1. The van der Waals surface area contributed by atoms with E-state index in [0.29, 0.717) is 26.8 Å². The second kappa shape index (κ2) is 10.4. The highest BCUT2D eigenvalue weighted by Gasteiger charge is 2.15. The first-order valence-electron chi connectivity index (χ1n) is 9.87. The molecule has 2 amide bonds. The zero-order chi connectivity index (χ0) is 23.2. The maximum atomic E-state index is 12.9. The molecule has 0 aliphatic rings. The number of hydrogen-bond donors (Lipinski definition) is 2. The molecule has 9 heteroatoms. The molecule has 0 fully saturated rings. The highest BCUT2D eigenvalue weighted by molar-refractivity contribution is 8.00. The van der Waals surface area contributed by atoms with Gasteiger partial charge >= 0.3 is 0 Å². The molecular formula is C24H18N4O2S3. The largest absolute Gasteiger partial charge is 0.325 e. The van der Waals surface area contributed by atoms with Gasteiger partial charge in [-0.05, 0) is 49.4 Å². The number of thiophene rings is 1. The average Bonchev–Trinajstić information content (AvgIpc) is 3.47. The van der Waals surface area contributed by atoms with Gasteiger partial charge in [-0.25, -0.2) is 4.98 Å². The van der Waals surface area contributed by atoms with Crippen molar-refractivity contribution in [2.75, 3.05) is 16.4 Å². The van der Waals surface area contributed by atoms with Crippen LogP contribution in [0.4, 0.5) is 10.8 Å². The van der Waals surface area contributed by atoms with Crippen molar-refractivity contribution in [2.24, 2.45) is 0 Å². The molecule has 33 heavy (non-hydrogen) atoms. The molecule has 0 radical (unpaired) electrons. The number of thioether (sulfide) groups is 1. The molecule has 0 bridgehead atoms. The van der Waals surface area contributed by atoms with E-state index < -0.39 is 0 Å². The molecule has 2 heterocycles. The van der Waals surface area contributed by atoms with Gasteiger partial charge < -0.3 is 5.32 Å². The lowest BCUT2D eigenvalue weighted by atomic mass is 10.2. The minimum absolute atomic E-state index is 0.125. The second-order valence-electron chi connectivity index (χ2n) is 6.93. The first kappa shape index (κ1) is 22.7. The summed E-state index contributed by atoms with van der Waals surface area (Å²) in [6.07, 6.45) is 0.